The molecule has 0 radical (unpaired) electrons. The van der Waals surface area contributed by atoms with E-state index in [1.54, 1.807) is 0 Å². The summed E-state index contributed by atoms with van der Waals surface area (Å²) in [6.07, 6.45) is 7.12. The first-order valence-corrected chi connectivity index (χ1v) is 7.75. The number of hydrogen-bond acceptors (Lipinski definition) is 4. The zero-order valence-electron chi connectivity index (χ0n) is 11.8. The van der Waals surface area contributed by atoms with Gasteiger partial charge in [0.25, 0.3) is 0 Å². The Hall–Kier alpha value is -0.900. The van der Waals surface area contributed by atoms with E-state index in [-0.39, 0.29) is 6.04 Å². The molecule has 0 aliphatic heterocycles. The number of hydrogen-bond donors (Lipinski definition) is 1. The van der Waals surface area contributed by atoms with Gasteiger partial charge < -0.3 is 9.84 Å². The molecule has 4 nitrogen and oxygen atoms in total. The summed E-state index contributed by atoms with van der Waals surface area (Å²) in [6.45, 7) is 2.06. The molecule has 1 atom stereocenters. The lowest BCUT2D eigenvalue weighted by Gasteiger charge is -2.53. The maximum atomic E-state index is 5.45. The molecule has 19 heavy (non-hydrogen) atoms. The van der Waals surface area contributed by atoms with Gasteiger partial charge >= 0.3 is 0 Å². The normalized spacial score (nSPS) is 41.7. The van der Waals surface area contributed by atoms with Gasteiger partial charge in [-0.3, -0.25) is 0 Å². The lowest BCUT2D eigenvalue weighted by molar-refractivity contribution is -0.00629. The van der Waals surface area contributed by atoms with Crippen LogP contribution in [0.4, 0.5) is 0 Å². The molecule has 5 rings (SSSR count). The summed E-state index contributed by atoms with van der Waals surface area (Å²) in [6, 6.07) is 0.151. The van der Waals surface area contributed by atoms with E-state index in [9.17, 15) is 0 Å². The van der Waals surface area contributed by atoms with E-state index >= 15 is 0 Å². The summed E-state index contributed by atoms with van der Waals surface area (Å²) in [5, 5.41) is 7.47. The average Bonchev–Trinajstić information content (AvgIpc) is 2.86. The SMILES string of the molecule is CNC(C)c1nc(C2C3CC4CC(C3)CC2C4)no1. The van der Waals surface area contributed by atoms with Gasteiger partial charge in [0.05, 0.1) is 6.04 Å². The van der Waals surface area contributed by atoms with Crippen molar-refractivity contribution in [3.63, 3.8) is 0 Å². The highest BCUT2D eigenvalue weighted by Gasteiger charge is 2.50. The molecule has 0 amide bonds. The smallest absolute Gasteiger partial charge is 0.243 e. The third kappa shape index (κ3) is 1.83. The van der Waals surface area contributed by atoms with Crippen LogP contribution in [0.1, 0.15) is 62.7 Å². The fraction of sp³-hybridized carbons (Fsp3) is 0.867. The Bertz CT molecular complexity index is 442. The summed E-state index contributed by atoms with van der Waals surface area (Å²) in [4.78, 5) is 4.69. The van der Waals surface area contributed by atoms with Crippen molar-refractivity contribution in [3.05, 3.63) is 11.7 Å². The van der Waals surface area contributed by atoms with E-state index in [0.717, 1.165) is 35.4 Å². The highest BCUT2D eigenvalue weighted by atomic mass is 16.5. The van der Waals surface area contributed by atoms with Crippen molar-refractivity contribution >= 4 is 0 Å². The van der Waals surface area contributed by atoms with Crippen molar-refractivity contribution in [1.29, 1.82) is 0 Å². The van der Waals surface area contributed by atoms with Crippen molar-refractivity contribution in [1.82, 2.24) is 15.5 Å². The van der Waals surface area contributed by atoms with E-state index in [0.29, 0.717) is 5.92 Å². The van der Waals surface area contributed by atoms with Crippen LogP contribution in [-0.4, -0.2) is 17.2 Å². The maximum Gasteiger partial charge on any atom is 0.243 e. The summed E-state index contributed by atoms with van der Waals surface area (Å²) in [7, 11) is 1.93. The third-order valence-electron chi connectivity index (χ3n) is 5.79. The van der Waals surface area contributed by atoms with E-state index in [4.69, 9.17) is 4.52 Å². The predicted molar refractivity (Wildman–Crippen MR) is 71.6 cm³/mol. The lowest BCUT2D eigenvalue weighted by atomic mass is 9.52. The molecule has 0 aromatic carbocycles. The van der Waals surface area contributed by atoms with Gasteiger partial charge in [0.15, 0.2) is 5.82 Å². The molecule has 0 spiro atoms. The van der Waals surface area contributed by atoms with Gasteiger partial charge in [0, 0.05) is 5.92 Å². The molecule has 4 aliphatic carbocycles. The molecule has 0 saturated heterocycles. The first-order chi connectivity index (χ1) is 9.24. The number of nitrogens with zero attached hydrogens (tertiary/aromatic N) is 2. The Kier molecular flexibility index (Phi) is 2.69. The molecule has 4 bridgehead atoms. The topological polar surface area (TPSA) is 51.0 Å². The molecule has 1 heterocycles. The van der Waals surface area contributed by atoms with Crippen LogP contribution in [-0.2, 0) is 0 Å². The standard InChI is InChI=1S/C15H23N3O/c1-8(16-2)15-17-14(18-19-15)13-11-4-9-3-10(6-11)7-12(13)5-9/h8-13,16H,3-7H2,1-2H3. The number of aromatic nitrogens is 2. The Labute approximate surface area is 114 Å². The predicted octanol–water partition coefficient (Wildman–Crippen LogP) is 2.89. The minimum Gasteiger partial charge on any atom is -0.338 e. The van der Waals surface area contributed by atoms with Crippen molar-refractivity contribution < 1.29 is 4.52 Å². The second kappa shape index (κ2) is 4.30. The van der Waals surface area contributed by atoms with E-state index in [1.165, 1.54) is 32.1 Å². The number of nitrogens with one attached hydrogen (secondary N) is 1. The first-order valence-electron chi connectivity index (χ1n) is 7.75. The van der Waals surface area contributed by atoms with Gasteiger partial charge in [0.1, 0.15) is 0 Å². The Balaban J connectivity index is 1.60. The summed E-state index contributed by atoms with van der Waals surface area (Å²) >= 11 is 0. The molecule has 1 aromatic rings. The first kappa shape index (κ1) is 11.9. The molecule has 104 valence electrons. The van der Waals surface area contributed by atoms with Crippen LogP contribution in [0.15, 0.2) is 4.52 Å². The van der Waals surface area contributed by atoms with Gasteiger partial charge in [0.2, 0.25) is 5.89 Å². The molecule has 1 unspecified atom stereocenters. The van der Waals surface area contributed by atoms with Crippen molar-refractivity contribution in [2.24, 2.45) is 23.7 Å². The van der Waals surface area contributed by atoms with Gasteiger partial charge in [-0.05, 0) is 69.7 Å². The Morgan fingerprint density at radius 2 is 1.74 bits per heavy atom. The van der Waals surface area contributed by atoms with Crippen molar-refractivity contribution in [2.45, 2.75) is 51.0 Å². The summed E-state index contributed by atoms with van der Waals surface area (Å²) < 4.78 is 5.45. The minimum atomic E-state index is 0.151. The second-order valence-electron chi connectivity index (χ2n) is 6.96. The highest BCUT2D eigenvalue weighted by molar-refractivity contribution is 5.10. The molecule has 4 aliphatic rings. The van der Waals surface area contributed by atoms with Crippen molar-refractivity contribution in [2.75, 3.05) is 7.05 Å². The van der Waals surface area contributed by atoms with Crippen LogP contribution in [0.3, 0.4) is 0 Å². The van der Waals surface area contributed by atoms with Gasteiger partial charge in [-0.15, -0.1) is 0 Å². The van der Waals surface area contributed by atoms with Crippen LogP contribution >= 0.6 is 0 Å². The molecule has 1 N–H and O–H groups in total. The highest BCUT2D eigenvalue weighted by Crippen LogP contribution is 2.59. The van der Waals surface area contributed by atoms with E-state index in [1.807, 2.05) is 7.05 Å². The zero-order chi connectivity index (χ0) is 13.0. The summed E-state index contributed by atoms with van der Waals surface area (Å²) in [5.74, 6) is 5.97. The van der Waals surface area contributed by atoms with Crippen LogP contribution in [0, 0.1) is 23.7 Å². The molecule has 1 aromatic heterocycles. The van der Waals surface area contributed by atoms with Crippen LogP contribution in [0.2, 0.25) is 0 Å². The molecule has 4 saturated carbocycles. The molecule has 4 fully saturated rings. The number of rotatable bonds is 3. The summed E-state index contributed by atoms with van der Waals surface area (Å²) in [5.41, 5.74) is 0. The fourth-order valence-corrected chi connectivity index (χ4v) is 5.03. The average molecular weight is 261 g/mol. The lowest BCUT2D eigenvalue weighted by Crippen LogP contribution is -2.44. The zero-order valence-corrected chi connectivity index (χ0v) is 11.8. The van der Waals surface area contributed by atoms with E-state index < -0.39 is 0 Å². The largest absolute Gasteiger partial charge is 0.338 e. The van der Waals surface area contributed by atoms with Crippen LogP contribution in [0.25, 0.3) is 0 Å². The van der Waals surface area contributed by atoms with Crippen LogP contribution in [0.5, 0.6) is 0 Å². The van der Waals surface area contributed by atoms with Crippen LogP contribution < -0.4 is 5.32 Å². The minimum absolute atomic E-state index is 0.151. The van der Waals surface area contributed by atoms with Gasteiger partial charge in [-0.1, -0.05) is 5.16 Å². The fourth-order valence-electron chi connectivity index (χ4n) is 5.03. The molecule has 4 heteroatoms. The second-order valence-corrected chi connectivity index (χ2v) is 6.96. The van der Waals surface area contributed by atoms with Crippen molar-refractivity contribution in [3.8, 4) is 0 Å². The van der Waals surface area contributed by atoms with Gasteiger partial charge in [-0.2, -0.15) is 4.98 Å². The molecular weight excluding hydrogens is 238 g/mol. The molecular formula is C15H23N3O. The maximum absolute atomic E-state index is 5.45. The monoisotopic (exact) mass is 261 g/mol. The van der Waals surface area contributed by atoms with Gasteiger partial charge in [-0.25, -0.2) is 0 Å². The third-order valence-corrected chi connectivity index (χ3v) is 5.79. The Morgan fingerprint density at radius 3 is 2.32 bits per heavy atom. The quantitative estimate of drug-likeness (QED) is 0.909. The van der Waals surface area contributed by atoms with E-state index in [2.05, 4.69) is 22.4 Å². The Morgan fingerprint density at radius 1 is 1.11 bits per heavy atom.